The van der Waals surface area contributed by atoms with E-state index in [1.807, 2.05) is 76.2 Å². The van der Waals surface area contributed by atoms with Gasteiger partial charge >= 0.3 is 18.1 Å². The molecule has 0 N–H and O–H groups in total. The molecule has 4 rings (SSSR count). The van der Waals surface area contributed by atoms with Crippen LogP contribution in [0.4, 0.5) is 13.2 Å². The number of cyclic esters (lactones) is 1. The third kappa shape index (κ3) is 13.8. The number of benzene rings is 2. The van der Waals surface area contributed by atoms with E-state index in [0.29, 0.717) is 31.5 Å². The van der Waals surface area contributed by atoms with Gasteiger partial charge in [0.15, 0.2) is 18.2 Å². The van der Waals surface area contributed by atoms with Gasteiger partial charge in [0.05, 0.1) is 54.7 Å². The van der Waals surface area contributed by atoms with E-state index in [0.717, 1.165) is 5.56 Å². The summed E-state index contributed by atoms with van der Waals surface area (Å²) in [5.74, 6) is -2.85. The monoisotopic (exact) mass is 878 g/mol. The molecular weight excluding hydrogens is 808 g/mol. The van der Waals surface area contributed by atoms with Crippen molar-refractivity contribution in [2.24, 2.45) is 17.3 Å². The Bertz CT molecular complexity index is 1720. The van der Waals surface area contributed by atoms with E-state index in [4.69, 9.17) is 28.4 Å². The van der Waals surface area contributed by atoms with Gasteiger partial charge in [0.25, 0.3) is 0 Å². The second-order valence-corrected chi connectivity index (χ2v) is 18.2. The summed E-state index contributed by atoms with van der Waals surface area (Å²) >= 11 is 0. The highest BCUT2D eigenvalue weighted by Crippen LogP contribution is 2.39. The van der Waals surface area contributed by atoms with E-state index in [9.17, 15) is 27.6 Å². The second-order valence-electron chi connectivity index (χ2n) is 18.2. The number of carbonyl (C=O) groups is 3. The number of rotatable bonds is 15. The van der Waals surface area contributed by atoms with E-state index in [1.54, 1.807) is 38.3 Å². The van der Waals surface area contributed by atoms with Crippen molar-refractivity contribution < 1.29 is 56.0 Å². The van der Waals surface area contributed by atoms with Crippen LogP contribution in [-0.2, 0) is 44.6 Å². The first-order valence-electron chi connectivity index (χ1n) is 21.7. The van der Waals surface area contributed by atoms with Crippen LogP contribution < -0.4 is 0 Å². The molecule has 0 radical (unpaired) electrons. The number of methoxy groups -OCH3 is 1. The molecule has 2 aromatic rings. The topological polar surface area (TPSA) is 116 Å². The van der Waals surface area contributed by atoms with Gasteiger partial charge in [-0.2, -0.15) is 13.2 Å². The van der Waals surface area contributed by atoms with Crippen LogP contribution in [0.1, 0.15) is 83.7 Å². The first kappa shape index (κ1) is 51.2. The number of ether oxygens (including phenoxy) is 6. The summed E-state index contributed by atoms with van der Waals surface area (Å²) in [6, 6.07) is 17.2. The highest BCUT2D eigenvalue weighted by molar-refractivity contribution is 6.04. The van der Waals surface area contributed by atoms with Gasteiger partial charge < -0.3 is 33.3 Å². The fourth-order valence-electron chi connectivity index (χ4n) is 8.93. The molecule has 2 aliphatic heterocycles. The SMILES string of the molecule is CCN1C[C@H](C)C[C@@](C)(OC)[C@H](O[C@@H]2O[C@H](C)C[C@H](N(C)C)[C@H]2OC(=O)c2ccccc2)[C@@H](C)C(=O)C(C)(C)C(=O)OC[C@H]1C(CCN(C)CC(F)(F)F)OCc1ccccc1. The fraction of sp³-hybridized carbons (Fsp3) is 0.681. The largest absolute Gasteiger partial charge is 0.463 e. The molecule has 2 aromatic carbocycles. The summed E-state index contributed by atoms with van der Waals surface area (Å²) in [5.41, 5.74) is -1.58. The molecule has 0 spiro atoms. The molecule has 0 aromatic heterocycles. The minimum Gasteiger partial charge on any atom is -0.463 e. The summed E-state index contributed by atoms with van der Waals surface area (Å²) in [6.07, 6.45) is -7.26. The van der Waals surface area contributed by atoms with Gasteiger partial charge in [0.1, 0.15) is 12.0 Å². The molecule has 0 saturated carbocycles. The van der Waals surface area contributed by atoms with E-state index in [-0.39, 0.29) is 44.2 Å². The standard InChI is InChI=1S/C47H70F3N3O9/c1-12-53-27-31(2)26-46(7,57-11)41(62-43-39(36(51(8)9)25-32(3)60-43)61-42(55)35-21-17-14-18-22-35)33(4)40(54)45(5,6)44(56)59-29-37(53)38(23-24-52(10)30-47(48,49)50)58-28-34-19-15-13-16-20-34/h13-22,31-33,36-39,41,43H,12,23-30H2,1-11H3/t31-,32-,33+,36+,37+,38?,39-,41-,43+,46-/m1/s1. The predicted octanol–water partition coefficient (Wildman–Crippen LogP) is 7.04. The molecule has 1 unspecified atom stereocenters. The summed E-state index contributed by atoms with van der Waals surface area (Å²) in [7, 11) is 6.77. The number of esters is 2. The van der Waals surface area contributed by atoms with Gasteiger partial charge in [-0.1, -0.05) is 69.3 Å². The van der Waals surface area contributed by atoms with Crippen LogP contribution in [0.15, 0.2) is 60.7 Å². The Morgan fingerprint density at radius 3 is 2.19 bits per heavy atom. The summed E-state index contributed by atoms with van der Waals surface area (Å²) in [6.45, 7) is 12.5. The van der Waals surface area contributed by atoms with Crippen LogP contribution in [0.3, 0.4) is 0 Å². The van der Waals surface area contributed by atoms with Crippen LogP contribution in [0.25, 0.3) is 0 Å². The first-order valence-corrected chi connectivity index (χ1v) is 21.7. The van der Waals surface area contributed by atoms with Crippen molar-refractivity contribution in [1.29, 1.82) is 0 Å². The molecule has 2 fully saturated rings. The highest BCUT2D eigenvalue weighted by Gasteiger charge is 2.52. The number of ketones is 1. The van der Waals surface area contributed by atoms with E-state index < -0.39 is 78.0 Å². The number of halogens is 3. The normalized spacial score (nSPS) is 29.9. The van der Waals surface area contributed by atoms with Gasteiger partial charge in [0.2, 0.25) is 0 Å². The lowest BCUT2D eigenvalue weighted by Crippen LogP contribution is -2.60. The van der Waals surface area contributed by atoms with Crippen molar-refractivity contribution in [3.05, 3.63) is 71.8 Å². The Labute approximate surface area is 366 Å². The van der Waals surface area contributed by atoms with Crippen LogP contribution in [0.5, 0.6) is 0 Å². The van der Waals surface area contributed by atoms with Crippen molar-refractivity contribution in [3.8, 4) is 0 Å². The molecule has 12 nitrogen and oxygen atoms in total. The highest BCUT2D eigenvalue weighted by atomic mass is 19.4. The van der Waals surface area contributed by atoms with E-state index >= 15 is 0 Å². The zero-order chi connectivity index (χ0) is 46.0. The van der Waals surface area contributed by atoms with Gasteiger partial charge in [0, 0.05) is 26.1 Å². The Kier molecular flexibility index (Phi) is 18.5. The molecule has 2 heterocycles. The number of likely N-dealkylation sites (N-methyl/N-ethyl adjacent to an activating group) is 2. The Morgan fingerprint density at radius 1 is 0.984 bits per heavy atom. The van der Waals surface area contributed by atoms with Gasteiger partial charge in [-0.25, -0.2) is 4.79 Å². The third-order valence-corrected chi connectivity index (χ3v) is 12.4. The molecule has 348 valence electrons. The predicted molar refractivity (Wildman–Crippen MR) is 229 cm³/mol. The quantitative estimate of drug-likeness (QED) is 0.135. The molecule has 0 aliphatic carbocycles. The van der Waals surface area contributed by atoms with Crippen molar-refractivity contribution in [1.82, 2.24) is 14.7 Å². The summed E-state index contributed by atoms with van der Waals surface area (Å²) < 4.78 is 78.9. The second kappa shape index (κ2) is 22.5. The van der Waals surface area contributed by atoms with Crippen molar-refractivity contribution >= 4 is 17.7 Å². The minimum absolute atomic E-state index is 0.0664. The van der Waals surface area contributed by atoms with Crippen LogP contribution in [-0.4, -0.2) is 148 Å². The number of nitrogens with zero attached hydrogens (tertiary/aromatic N) is 3. The Hall–Kier alpha value is -3.44. The van der Waals surface area contributed by atoms with Gasteiger partial charge in [-0.15, -0.1) is 0 Å². The van der Waals surface area contributed by atoms with Gasteiger partial charge in [-0.3, -0.25) is 19.4 Å². The van der Waals surface area contributed by atoms with Crippen LogP contribution in [0, 0.1) is 17.3 Å². The van der Waals surface area contributed by atoms with E-state index in [1.165, 1.54) is 25.8 Å². The lowest BCUT2D eigenvalue weighted by atomic mass is 9.74. The average molecular weight is 878 g/mol. The van der Waals surface area contributed by atoms with Crippen molar-refractivity contribution in [3.63, 3.8) is 0 Å². The Morgan fingerprint density at radius 2 is 1.61 bits per heavy atom. The lowest BCUT2D eigenvalue weighted by Gasteiger charge is -2.48. The maximum Gasteiger partial charge on any atom is 0.401 e. The smallest absolute Gasteiger partial charge is 0.401 e. The zero-order valence-corrected chi connectivity index (χ0v) is 38.5. The average Bonchev–Trinajstić information content (AvgIpc) is 3.22. The molecule has 2 aliphatic rings. The minimum atomic E-state index is -4.38. The number of alkyl halides is 3. The number of Topliss-reactive ketones (excluding diaryl/α,β-unsaturated/α-hetero) is 1. The summed E-state index contributed by atoms with van der Waals surface area (Å²) in [5, 5.41) is 0. The number of carbonyl (C=O) groups excluding carboxylic acids is 3. The first-order chi connectivity index (χ1) is 29.1. The molecule has 0 bridgehead atoms. The number of hydrogen-bond acceptors (Lipinski definition) is 12. The number of hydrogen-bond donors (Lipinski definition) is 0. The Balaban J connectivity index is 1.74. The molecule has 2 saturated heterocycles. The molecule has 10 atom stereocenters. The maximum atomic E-state index is 14.8. The summed E-state index contributed by atoms with van der Waals surface area (Å²) in [4.78, 5) is 47.9. The molecule has 0 amide bonds. The van der Waals surface area contributed by atoms with Gasteiger partial charge in [-0.05, 0) is 98.3 Å². The fourth-order valence-corrected chi connectivity index (χ4v) is 8.93. The van der Waals surface area contributed by atoms with E-state index in [2.05, 4.69) is 11.8 Å². The zero-order valence-electron chi connectivity index (χ0n) is 38.5. The molecular formula is C47H70F3N3O9. The van der Waals surface area contributed by atoms with Crippen LogP contribution >= 0.6 is 0 Å². The lowest BCUT2D eigenvalue weighted by molar-refractivity contribution is -0.295. The van der Waals surface area contributed by atoms with Crippen LogP contribution in [0.2, 0.25) is 0 Å². The molecule has 62 heavy (non-hydrogen) atoms. The van der Waals surface area contributed by atoms with Crippen molar-refractivity contribution in [2.45, 2.75) is 129 Å². The van der Waals surface area contributed by atoms with Crippen molar-refractivity contribution in [2.75, 3.05) is 61.0 Å². The molecule has 15 heteroatoms. The maximum absolute atomic E-state index is 14.8. The third-order valence-electron chi connectivity index (χ3n) is 12.4.